The first kappa shape index (κ1) is 34.0. The fourth-order valence-electron chi connectivity index (χ4n) is 7.87. The monoisotopic (exact) mass is 653 g/mol. The average Bonchev–Trinajstić information content (AvgIpc) is 3.16. The number of benzene rings is 1. The average molecular weight is 654 g/mol. The Balaban J connectivity index is 1.81. The highest BCUT2D eigenvalue weighted by molar-refractivity contribution is 5.90. The third-order valence-electron chi connectivity index (χ3n) is 9.58. The molecule has 252 valence electrons. The molecule has 2 bridgehead atoms. The molecule has 0 radical (unpaired) electrons. The molecular formula is C34H39NO12. The minimum absolute atomic E-state index is 0.0406. The number of fused-ring (bicyclic) bond motifs is 1. The van der Waals surface area contributed by atoms with Gasteiger partial charge in [-0.05, 0) is 51.5 Å². The van der Waals surface area contributed by atoms with Gasteiger partial charge >= 0.3 is 29.8 Å². The molecule has 3 fully saturated rings. The molecule has 1 spiro atoms. The Morgan fingerprint density at radius 3 is 2.06 bits per heavy atom. The van der Waals surface area contributed by atoms with E-state index in [1.807, 2.05) is 0 Å². The highest BCUT2D eigenvalue weighted by atomic mass is 16.6. The number of aliphatic hydroxyl groups is 1. The molecule has 0 amide bonds. The van der Waals surface area contributed by atoms with E-state index in [1.54, 1.807) is 44.2 Å². The van der Waals surface area contributed by atoms with Crippen LogP contribution in [0.25, 0.3) is 0 Å². The van der Waals surface area contributed by atoms with E-state index in [0.29, 0.717) is 0 Å². The standard InChI is InChI=1S/C34H39NO12/c1-19(36)42-18-33-26(45-29(39)22-11-8-7-9-12-22)15-24-27(44-21(3)38)34(33,47-31(24,4)5)32(6,41)16-25(43-20(2)37)28(33)46-30(40)23-13-10-14-35-17-23/h7-14,17,24-28,41H,15-16,18H2,1-6H3/t24-,25-,26-,27-,28+,32-,33-,34+/m0/s1. The Hall–Kier alpha value is -4.36. The SMILES string of the molecule is CC(=O)OC[C@@]12[C@@H](OC(=O)c3ccccc3)C[C@H]3[C@H](OC(C)=O)[C@@]1(OC3(C)C)[C@@](C)(O)C[C@H](OC(C)=O)[C@H]2OC(=O)c1cccnc1. The van der Waals surface area contributed by atoms with Crippen molar-refractivity contribution in [3.8, 4) is 0 Å². The zero-order chi connectivity index (χ0) is 34.4. The number of pyridine rings is 1. The Morgan fingerprint density at radius 1 is 0.830 bits per heavy atom. The predicted molar refractivity (Wildman–Crippen MR) is 161 cm³/mol. The minimum Gasteiger partial charge on any atom is -0.465 e. The van der Waals surface area contributed by atoms with Crippen LogP contribution >= 0.6 is 0 Å². The van der Waals surface area contributed by atoms with Crippen LogP contribution in [0, 0.1) is 11.3 Å². The van der Waals surface area contributed by atoms with Crippen LogP contribution in [0.3, 0.4) is 0 Å². The molecule has 2 aliphatic carbocycles. The first-order chi connectivity index (χ1) is 22.1. The van der Waals surface area contributed by atoms with Crippen LogP contribution in [-0.4, -0.2) is 87.8 Å². The van der Waals surface area contributed by atoms with Gasteiger partial charge in [0.25, 0.3) is 0 Å². The van der Waals surface area contributed by atoms with Crippen molar-refractivity contribution in [3.63, 3.8) is 0 Å². The van der Waals surface area contributed by atoms with Gasteiger partial charge < -0.3 is 33.5 Å². The Morgan fingerprint density at radius 2 is 1.47 bits per heavy atom. The van der Waals surface area contributed by atoms with Gasteiger partial charge in [0.15, 0.2) is 11.7 Å². The Kier molecular flexibility index (Phi) is 8.93. The molecule has 1 aliphatic heterocycles. The van der Waals surface area contributed by atoms with E-state index < -0.39 is 89.0 Å². The van der Waals surface area contributed by atoms with Crippen molar-refractivity contribution in [2.24, 2.45) is 11.3 Å². The number of carbonyl (C=O) groups is 5. The lowest BCUT2D eigenvalue weighted by Crippen LogP contribution is -2.83. The van der Waals surface area contributed by atoms with E-state index in [2.05, 4.69) is 4.98 Å². The fourth-order valence-corrected chi connectivity index (χ4v) is 7.87. The molecule has 1 aromatic heterocycles. The summed E-state index contributed by atoms with van der Waals surface area (Å²) in [6.45, 7) is 7.76. The van der Waals surface area contributed by atoms with E-state index >= 15 is 0 Å². The summed E-state index contributed by atoms with van der Waals surface area (Å²) in [7, 11) is 0. The van der Waals surface area contributed by atoms with Gasteiger partial charge in [0.05, 0.1) is 22.3 Å². The zero-order valence-electron chi connectivity index (χ0n) is 27.1. The zero-order valence-corrected chi connectivity index (χ0v) is 27.1. The molecule has 1 aromatic carbocycles. The number of carbonyl (C=O) groups excluding carboxylic acids is 5. The lowest BCUT2D eigenvalue weighted by molar-refractivity contribution is -0.354. The first-order valence-corrected chi connectivity index (χ1v) is 15.3. The molecule has 2 heterocycles. The van der Waals surface area contributed by atoms with Crippen LogP contribution in [0.5, 0.6) is 0 Å². The van der Waals surface area contributed by atoms with Crippen LogP contribution in [0.2, 0.25) is 0 Å². The maximum absolute atomic E-state index is 13.8. The number of rotatable bonds is 8. The highest BCUT2D eigenvalue weighted by Crippen LogP contribution is 2.69. The molecule has 3 aliphatic rings. The fraction of sp³-hybridized carbons (Fsp3) is 0.529. The van der Waals surface area contributed by atoms with Crippen molar-refractivity contribution in [3.05, 3.63) is 66.0 Å². The van der Waals surface area contributed by atoms with Gasteiger partial charge in [-0.1, -0.05) is 18.2 Å². The number of esters is 5. The molecule has 0 unspecified atom stereocenters. The number of aromatic nitrogens is 1. The second-order valence-electron chi connectivity index (χ2n) is 13.1. The van der Waals surface area contributed by atoms with Gasteiger partial charge in [0.1, 0.15) is 30.3 Å². The molecule has 13 heteroatoms. The first-order valence-electron chi connectivity index (χ1n) is 15.3. The molecule has 47 heavy (non-hydrogen) atoms. The Bertz CT molecular complexity index is 1540. The topological polar surface area (TPSA) is 174 Å². The van der Waals surface area contributed by atoms with Gasteiger partial charge in [-0.25, -0.2) is 9.59 Å². The molecule has 2 aromatic rings. The van der Waals surface area contributed by atoms with Crippen molar-refractivity contribution in [2.45, 2.75) is 95.6 Å². The summed E-state index contributed by atoms with van der Waals surface area (Å²) in [4.78, 5) is 69.3. The number of ether oxygens (including phenoxy) is 6. The van der Waals surface area contributed by atoms with Crippen molar-refractivity contribution >= 4 is 29.8 Å². The third kappa shape index (κ3) is 5.75. The van der Waals surface area contributed by atoms with Crippen LogP contribution in [0.4, 0.5) is 0 Å². The van der Waals surface area contributed by atoms with Crippen LogP contribution in [0.1, 0.15) is 75.1 Å². The molecular weight excluding hydrogens is 614 g/mol. The summed E-state index contributed by atoms with van der Waals surface area (Å²) < 4.78 is 36.7. The number of nitrogens with zero attached hydrogens (tertiary/aromatic N) is 1. The van der Waals surface area contributed by atoms with Crippen LogP contribution < -0.4 is 0 Å². The van der Waals surface area contributed by atoms with Gasteiger partial charge in [-0.2, -0.15) is 0 Å². The third-order valence-corrected chi connectivity index (χ3v) is 9.58. The predicted octanol–water partition coefficient (Wildman–Crippen LogP) is 2.97. The summed E-state index contributed by atoms with van der Waals surface area (Å²) >= 11 is 0. The number of hydrogen-bond acceptors (Lipinski definition) is 13. The quantitative estimate of drug-likeness (QED) is 0.326. The van der Waals surface area contributed by atoms with Crippen LogP contribution in [-0.2, 0) is 42.8 Å². The normalized spacial score (nSPS) is 33.5. The summed E-state index contributed by atoms with van der Waals surface area (Å²) in [5, 5.41) is 12.6. The lowest BCUT2D eigenvalue weighted by atomic mass is 9.46. The summed E-state index contributed by atoms with van der Waals surface area (Å²) in [5.41, 5.74) is -7.00. The van der Waals surface area contributed by atoms with E-state index in [-0.39, 0.29) is 24.0 Å². The van der Waals surface area contributed by atoms with Gasteiger partial charge in [0.2, 0.25) is 0 Å². The van der Waals surface area contributed by atoms with Gasteiger partial charge in [-0.15, -0.1) is 0 Å². The molecule has 5 rings (SSSR count). The second-order valence-corrected chi connectivity index (χ2v) is 13.1. The molecule has 2 saturated carbocycles. The smallest absolute Gasteiger partial charge is 0.340 e. The van der Waals surface area contributed by atoms with Crippen molar-refractivity contribution in [1.29, 1.82) is 0 Å². The van der Waals surface area contributed by atoms with E-state index in [0.717, 1.165) is 13.8 Å². The number of hydrogen-bond donors (Lipinski definition) is 1. The van der Waals surface area contributed by atoms with Crippen LogP contribution in [0.15, 0.2) is 54.9 Å². The summed E-state index contributed by atoms with van der Waals surface area (Å²) in [6.07, 6.45) is -3.15. The Labute approximate surface area is 271 Å². The minimum atomic E-state index is -2.05. The van der Waals surface area contributed by atoms with Gasteiger partial charge in [0, 0.05) is 45.5 Å². The van der Waals surface area contributed by atoms with E-state index in [9.17, 15) is 29.1 Å². The van der Waals surface area contributed by atoms with Gasteiger partial charge in [-0.3, -0.25) is 19.4 Å². The van der Waals surface area contributed by atoms with Crippen molar-refractivity contribution < 1.29 is 57.5 Å². The molecule has 1 N–H and O–H groups in total. The van der Waals surface area contributed by atoms with E-state index in [1.165, 1.54) is 38.4 Å². The molecule has 1 saturated heterocycles. The highest BCUT2D eigenvalue weighted by Gasteiger charge is 2.86. The molecule has 8 atom stereocenters. The second kappa shape index (κ2) is 12.3. The van der Waals surface area contributed by atoms with E-state index in [4.69, 9.17) is 28.4 Å². The summed E-state index contributed by atoms with van der Waals surface area (Å²) in [5.74, 6) is -4.53. The van der Waals surface area contributed by atoms with Crippen molar-refractivity contribution in [1.82, 2.24) is 4.98 Å². The lowest BCUT2D eigenvalue weighted by Gasteiger charge is -2.65. The molecule has 13 nitrogen and oxygen atoms in total. The maximum atomic E-state index is 13.8. The van der Waals surface area contributed by atoms with Crippen molar-refractivity contribution in [2.75, 3.05) is 6.61 Å². The maximum Gasteiger partial charge on any atom is 0.340 e. The largest absolute Gasteiger partial charge is 0.465 e. The summed E-state index contributed by atoms with van der Waals surface area (Å²) in [6, 6.07) is 11.1.